The first-order valence-electron chi connectivity index (χ1n) is 5.53. The highest BCUT2D eigenvalue weighted by molar-refractivity contribution is 9.11. The summed E-state index contributed by atoms with van der Waals surface area (Å²) in [7, 11) is 1.46. The lowest BCUT2D eigenvalue weighted by atomic mass is 10.2. The molecule has 0 aliphatic carbocycles. The number of amides is 1. The zero-order valence-corrected chi connectivity index (χ0v) is 12.8. The number of aromatic nitrogens is 2. The number of ether oxygens (including phenoxy) is 1. The molecule has 0 unspecified atom stereocenters. The zero-order valence-electron chi connectivity index (χ0n) is 10.4. The summed E-state index contributed by atoms with van der Waals surface area (Å²) >= 11 is 4.98. The Bertz CT molecular complexity index is 588. The first-order valence-corrected chi connectivity index (χ1v) is 7.14. The third-order valence-corrected chi connectivity index (χ3v) is 4.22. The SMILES string of the molecule is COc1nccc(C(=O)N[C@@H](C)c2ccc(Br)s2)n1. The number of carbonyl (C=O) groups excluding carboxylic acids is 1. The van der Waals surface area contributed by atoms with Gasteiger partial charge in [-0.15, -0.1) is 11.3 Å². The fourth-order valence-corrected chi connectivity index (χ4v) is 2.89. The van der Waals surface area contributed by atoms with Crippen molar-refractivity contribution in [2.75, 3.05) is 7.11 Å². The van der Waals surface area contributed by atoms with Gasteiger partial charge in [-0.2, -0.15) is 4.98 Å². The molecular weight excluding hydrogens is 330 g/mol. The Balaban J connectivity index is 2.08. The summed E-state index contributed by atoms with van der Waals surface area (Å²) < 4.78 is 5.93. The summed E-state index contributed by atoms with van der Waals surface area (Å²) in [6.45, 7) is 1.93. The van der Waals surface area contributed by atoms with Gasteiger partial charge in [-0.25, -0.2) is 4.98 Å². The highest BCUT2D eigenvalue weighted by Gasteiger charge is 2.14. The van der Waals surface area contributed by atoms with Crippen LogP contribution >= 0.6 is 27.3 Å². The van der Waals surface area contributed by atoms with E-state index < -0.39 is 0 Å². The molecule has 2 heterocycles. The molecule has 0 bridgehead atoms. The standard InChI is InChI=1S/C12H12BrN3O2S/c1-7(9-3-4-10(13)19-9)15-11(17)8-5-6-14-12(16-8)18-2/h3-7H,1-2H3,(H,15,17)/t7-/m0/s1. The van der Waals surface area contributed by atoms with E-state index >= 15 is 0 Å². The third kappa shape index (κ3) is 3.51. The molecule has 19 heavy (non-hydrogen) atoms. The fourth-order valence-electron chi connectivity index (χ4n) is 1.47. The van der Waals surface area contributed by atoms with Crippen LogP contribution in [0.5, 0.6) is 6.01 Å². The Kier molecular flexibility index (Phi) is 4.49. The van der Waals surface area contributed by atoms with Crippen LogP contribution < -0.4 is 10.1 Å². The molecule has 1 amide bonds. The van der Waals surface area contributed by atoms with Crippen molar-refractivity contribution in [1.29, 1.82) is 0 Å². The topological polar surface area (TPSA) is 64.1 Å². The molecule has 0 spiro atoms. The fraction of sp³-hybridized carbons (Fsp3) is 0.250. The molecule has 0 fully saturated rings. The number of hydrogen-bond donors (Lipinski definition) is 1. The van der Waals surface area contributed by atoms with E-state index in [9.17, 15) is 4.79 Å². The molecule has 0 aliphatic rings. The largest absolute Gasteiger partial charge is 0.467 e. The first-order chi connectivity index (χ1) is 9.10. The van der Waals surface area contributed by atoms with Crippen LogP contribution in [0.4, 0.5) is 0 Å². The van der Waals surface area contributed by atoms with E-state index in [1.807, 2.05) is 19.1 Å². The quantitative estimate of drug-likeness (QED) is 0.928. The Hall–Kier alpha value is -1.47. The molecule has 0 aliphatic heterocycles. The second-order valence-electron chi connectivity index (χ2n) is 3.77. The molecule has 0 saturated heterocycles. The number of hydrogen-bond acceptors (Lipinski definition) is 5. The van der Waals surface area contributed by atoms with Crippen LogP contribution in [0.1, 0.15) is 28.3 Å². The summed E-state index contributed by atoms with van der Waals surface area (Å²) in [6, 6.07) is 5.58. The zero-order chi connectivity index (χ0) is 13.8. The van der Waals surface area contributed by atoms with Crippen molar-refractivity contribution in [2.45, 2.75) is 13.0 Å². The third-order valence-electron chi connectivity index (χ3n) is 2.42. The van der Waals surface area contributed by atoms with Crippen molar-refractivity contribution in [1.82, 2.24) is 15.3 Å². The molecular formula is C12H12BrN3O2S. The number of carbonyl (C=O) groups is 1. The average molecular weight is 342 g/mol. The van der Waals surface area contributed by atoms with Gasteiger partial charge in [0.1, 0.15) is 5.69 Å². The van der Waals surface area contributed by atoms with E-state index in [-0.39, 0.29) is 23.7 Å². The van der Waals surface area contributed by atoms with Crippen molar-refractivity contribution >= 4 is 33.2 Å². The summed E-state index contributed by atoms with van der Waals surface area (Å²) in [6.07, 6.45) is 1.49. The van der Waals surface area contributed by atoms with Gasteiger partial charge in [0, 0.05) is 11.1 Å². The second kappa shape index (κ2) is 6.12. The molecule has 1 atom stereocenters. The van der Waals surface area contributed by atoms with Crippen molar-refractivity contribution < 1.29 is 9.53 Å². The lowest BCUT2D eigenvalue weighted by Crippen LogP contribution is -2.27. The lowest BCUT2D eigenvalue weighted by Gasteiger charge is -2.11. The number of nitrogens with one attached hydrogen (secondary N) is 1. The highest BCUT2D eigenvalue weighted by Crippen LogP contribution is 2.27. The maximum atomic E-state index is 12.0. The molecule has 7 heteroatoms. The van der Waals surface area contributed by atoms with Gasteiger partial charge in [-0.1, -0.05) is 0 Å². The number of rotatable bonds is 4. The molecule has 0 saturated carbocycles. The predicted octanol–water partition coefficient (Wildman–Crippen LogP) is 2.80. The van der Waals surface area contributed by atoms with Crippen LogP contribution in [0.15, 0.2) is 28.2 Å². The van der Waals surface area contributed by atoms with Crippen LogP contribution in [-0.2, 0) is 0 Å². The maximum absolute atomic E-state index is 12.0. The number of thiophene rings is 1. The van der Waals surface area contributed by atoms with Crippen LogP contribution in [-0.4, -0.2) is 23.0 Å². The molecule has 0 aromatic carbocycles. The number of nitrogens with zero attached hydrogens (tertiary/aromatic N) is 2. The average Bonchev–Trinajstić information content (AvgIpc) is 2.85. The molecule has 5 nitrogen and oxygen atoms in total. The van der Waals surface area contributed by atoms with Gasteiger partial charge in [0.25, 0.3) is 5.91 Å². The van der Waals surface area contributed by atoms with Crippen molar-refractivity contribution in [3.8, 4) is 6.01 Å². The second-order valence-corrected chi connectivity index (χ2v) is 6.26. The summed E-state index contributed by atoms with van der Waals surface area (Å²) in [5, 5.41) is 2.88. The van der Waals surface area contributed by atoms with E-state index in [1.165, 1.54) is 13.3 Å². The Labute approximate surface area is 123 Å². The van der Waals surface area contributed by atoms with Gasteiger partial charge in [0.05, 0.1) is 16.9 Å². The maximum Gasteiger partial charge on any atom is 0.316 e. The van der Waals surface area contributed by atoms with E-state index in [1.54, 1.807) is 17.4 Å². The Morgan fingerprint density at radius 3 is 2.89 bits per heavy atom. The van der Waals surface area contributed by atoms with E-state index in [4.69, 9.17) is 4.74 Å². The smallest absolute Gasteiger partial charge is 0.316 e. The summed E-state index contributed by atoms with van der Waals surface area (Å²) in [5.41, 5.74) is 0.286. The van der Waals surface area contributed by atoms with Crippen molar-refractivity contribution in [2.24, 2.45) is 0 Å². The summed E-state index contributed by atoms with van der Waals surface area (Å²) in [5.74, 6) is -0.252. The van der Waals surface area contributed by atoms with Gasteiger partial charge in [-0.3, -0.25) is 4.79 Å². The molecule has 1 N–H and O–H groups in total. The van der Waals surface area contributed by atoms with Crippen LogP contribution in [0.3, 0.4) is 0 Å². The van der Waals surface area contributed by atoms with Crippen LogP contribution in [0.2, 0.25) is 0 Å². The first kappa shape index (κ1) is 14.0. The van der Waals surface area contributed by atoms with Crippen molar-refractivity contribution in [3.05, 3.63) is 38.8 Å². The monoisotopic (exact) mass is 341 g/mol. The van der Waals surface area contributed by atoms with E-state index in [2.05, 4.69) is 31.2 Å². The highest BCUT2D eigenvalue weighted by atomic mass is 79.9. The lowest BCUT2D eigenvalue weighted by molar-refractivity contribution is 0.0934. The molecule has 0 radical (unpaired) electrons. The van der Waals surface area contributed by atoms with Gasteiger partial charge < -0.3 is 10.1 Å². The summed E-state index contributed by atoms with van der Waals surface area (Å²) in [4.78, 5) is 21.0. The van der Waals surface area contributed by atoms with Gasteiger partial charge >= 0.3 is 6.01 Å². The molecule has 2 rings (SSSR count). The normalized spacial score (nSPS) is 11.9. The minimum absolute atomic E-state index is 0.0789. The molecule has 2 aromatic heterocycles. The molecule has 100 valence electrons. The van der Waals surface area contributed by atoms with E-state index in [0.29, 0.717) is 0 Å². The number of methoxy groups -OCH3 is 1. The van der Waals surface area contributed by atoms with Gasteiger partial charge in [0.15, 0.2) is 0 Å². The van der Waals surface area contributed by atoms with Gasteiger partial charge in [0.2, 0.25) is 0 Å². The Morgan fingerprint density at radius 2 is 2.26 bits per heavy atom. The number of halogens is 1. The van der Waals surface area contributed by atoms with Gasteiger partial charge in [-0.05, 0) is 41.1 Å². The predicted molar refractivity (Wildman–Crippen MR) is 76.5 cm³/mol. The minimum Gasteiger partial charge on any atom is -0.467 e. The van der Waals surface area contributed by atoms with Crippen molar-refractivity contribution in [3.63, 3.8) is 0 Å². The Morgan fingerprint density at radius 1 is 1.47 bits per heavy atom. The van der Waals surface area contributed by atoms with Crippen LogP contribution in [0, 0.1) is 0 Å². The molecule has 2 aromatic rings. The minimum atomic E-state index is -0.252. The van der Waals surface area contributed by atoms with E-state index in [0.717, 1.165) is 8.66 Å². The van der Waals surface area contributed by atoms with Crippen LogP contribution in [0.25, 0.3) is 0 Å².